The zero-order valence-electron chi connectivity index (χ0n) is 11.3. The molecule has 5 nitrogen and oxygen atoms in total. The van der Waals surface area contributed by atoms with Crippen molar-refractivity contribution >= 4 is 27.4 Å². The molecule has 1 aromatic rings. The van der Waals surface area contributed by atoms with Crippen LogP contribution in [0.2, 0.25) is 0 Å². The van der Waals surface area contributed by atoms with Gasteiger partial charge in [0.05, 0.1) is 4.92 Å². The van der Waals surface area contributed by atoms with Crippen molar-refractivity contribution < 1.29 is 9.72 Å². The first-order valence-electron chi connectivity index (χ1n) is 6.69. The zero-order chi connectivity index (χ0) is 14.7. The van der Waals surface area contributed by atoms with Gasteiger partial charge in [0, 0.05) is 48.6 Å². The van der Waals surface area contributed by atoms with Gasteiger partial charge in [-0.25, -0.2) is 0 Å². The second-order valence-corrected chi connectivity index (χ2v) is 5.94. The summed E-state index contributed by atoms with van der Waals surface area (Å²) in [5.41, 5.74) is 1.10. The SMILES string of the molecule is CCC1CN(Cc2ccc([N+](=O)[O-])cc2Br)CCC1=O. The van der Waals surface area contributed by atoms with Gasteiger partial charge >= 0.3 is 0 Å². The monoisotopic (exact) mass is 340 g/mol. The van der Waals surface area contributed by atoms with Crippen molar-refractivity contribution in [2.45, 2.75) is 26.3 Å². The minimum absolute atomic E-state index is 0.0841. The number of likely N-dealkylation sites (tertiary alicyclic amines) is 1. The van der Waals surface area contributed by atoms with Gasteiger partial charge in [0.2, 0.25) is 0 Å². The molecule has 1 saturated heterocycles. The summed E-state index contributed by atoms with van der Waals surface area (Å²) < 4.78 is 0.747. The molecule has 0 amide bonds. The van der Waals surface area contributed by atoms with E-state index in [0.717, 1.165) is 29.5 Å². The standard InChI is InChI=1S/C14H17BrN2O3/c1-2-10-8-16(6-5-14(10)18)9-11-3-4-12(17(19)20)7-13(11)15/h3-4,7,10H,2,5-6,8-9H2,1H3. The predicted molar refractivity (Wildman–Crippen MR) is 79.5 cm³/mol. The highest BCUT2D eigenvalue weighted by Crippen LogP contribution is 2.26. The van der Waals surface area contributed by atoms with Crippen LogP contribution in [0.1, 0.15) is 25.3 Å². The number of Topliss-reactive ketones (excluding diaryl/α,β-unsaturated/α-hetero) is 1. The number of benzene rings is 1. The number of carbonyl (C=O) groups is 1. The van der Waals surface area contributed by atoms with Crippen LogP contribution in [-0.4, -0.2) is 28.7 Å². The molecule has 1 aliphatic heterocycles. The third kappa shape index (κ3) is 3.43. The summed E-state index contributed by atoms with van der Waals surface area (Å²) in [7, 11) is 0. The topological polar surface area (TPSA) is 63.4 Å². The number of non-ortho nitro benzene ring substituents is 1. The van der Waals surface area contributed by atoms with Crippen molar-refractivity contribution in [2.75, 3.05) is 13.1 Å². The van der Waals surface area contributed by atoms with Gasteiger partial charge in [0.1, 0.15) is 5.78 Å². The van der Waals surface area contributed by atoms with Crippen LogP contribution in [0, 0.1) is 16.0 Å². The Bertz CT molecular complexity index is 533. The molecule has 0 aliphatic carbocycles. The molecule has 108 valence electrons. The summed E-state index contributed by atoms with van der Waals surface area (Å²) in [6.45, 7) is 4.29. The van der Waals surface area contributed by atoms with Crippen molar-refractivity contribution in [1.29, 1.82) is 0 Å². The van der Waals surface area contributed by atoms with Gasteiger partial charge in [0.15, 0.2) is 0 Å². The molecule has 0 spiro atoms. The molecule has 1 aromatic carbocycles. The van der Waals surface area contributed by atoms with Crippen molar-refractivity contribution in [1.82, 2.24) is 4.90 Å². The molecule has 0 aromatic heterocycles. The zero-order valence-corrected chi connectivity index (χ0v) is 12.9. The smallest absolute Gasteiger partial charge is 0.270 e. The summed E-state index contributed by atoms with van der Waals surface area (Å²) in [6.07, 6.45) is 1.47. The number of hydrogen-bond acceptors (Lipinski definition) is 4. The second kappa shape index (κ2) is 6.45. The normalized spacial score (nSPS) is 20.1. The maximum Gasteiger partial charge on any atom is 0.270 e. The van der Waals surface area contributed by atoms with Gasteiger partial charge in [-0.2, -0.15) is 0 Å². The lowest BCUT2D eigenvalue weighted by Crippen LogP contribution is -2.40. The van der Waals surface area contributed by atoms with E-state index in [1.165, 1.54) is 12.1 Å². The minimum atomic E-state index is -0.402. The Labute approximate surface area is 126 Å². The lowest BCUT2D eigenvalue weighted by molar-refractivity contribution is -0.384. The Balaban J connectivity index is 2.07. The molecule has 0 saturated carbocycles. The van der Waals surface area contributed by atoms with E-state index in [9.17, 15) is 14.9 Å². The summed E-state index contributed by atoms with van der Waals surface area (Å²) in [5.74, 6) is 0.479. The van der Waals surface area contributed by atoms with Crippen molar-refractivity contribution in [3.05, 3.63) is 38.3 Å². The first kappa shape index (κ1) is 15.1. The van der Waals surface area contributed by atoms with E-state index in [-0.39, 0.29) is 11.6 Å². The molecule has 20 heavy (non-hydrogen) atoms. The first-order chi connectivity index (χ1) is 9.51. The molecule has 1 aliphatic rings. The number of nitrogens with zero attached hydrogens (tertiary/aromatic N) is 2. The van der Waals surface area contributed by atoms with E-state index in [1.807, 2.05) is 6.92 Å². The number of hydrogen-bond donors (Lipinski definition) is 0. The molecule has 1 fully saturated rings. The van der Waals surface area contributed by atoms with E-state index >= 15 is 0 Å². The summed E-state index contributed by atoms with van der Waals surface area (Å²) in [5, 5.41) is 10.7. The van der Waals surface area contributed by atoms with Gasteiger partial charge in [-0.05, 0) is 18.1 Å². The number of ketones is 1. The molecule has 1 heterocycles. The average Bonchev–Trinajstić information content (AvgIpc) is 2.42. The fraction of sp³-hybridized carbons (Fsp3) is 0.500. The molecule has 0 N–H and O–H groups in total. The number of nitro groups is 1. The Morgan fingerprint density at radius 3 is 2.85 bits per heavy atom. The second-order valence-electron chi connectivity index (χ2n) is 5.09. The Hall–Kier alpha value is -1.27. The van der Waals surface area contributed by atoms with Crippen LogP contribution in [0.15, 0.2) is 22.7 Å². The highest BCUT2D eigenvalue weighted by Gasteiger charge is 2.26. The maximum atomic E-state index is 11.7. The number of carbonyl (C=O) groups excluding carboxylic acids is 1. The molecule has 2 rings (SSSR count). The predicted octanol–water partition coefficient (Wildman–Crippen LogP) is 3.16. The Morgan fingerprint density at radius 2 is 2.25 bits per heavy atom. The van der Waals surface area contributed by atoms with E-state index in [0.29, 0.717) is 18.7 Å². The van der Waals surface area contributed by atoms with Crippen LogP contribution >= 0.6 is 15.9 Å². The van der Waals surface area contributed by atoms with E-state index in [1.54, 1.807) is 6.07 Å². The molecular weight excluding hydrogens is 324 g/mol. The largest absolute Gasteiger partial charge is 0.299 e. The van der Waals surface area contributed by atoms with E-state index in [4.69, 9.17) is 0 Å². The summed E-state index contributed by atoms with van der Waals surface area (Å²) in [6, 6.07) is 4.83. The highest BCUT2D eigenvalue weighted by molar-refractivity contribution is 9.10. The van der Waals surface area contributed by atoms with Gasteiger partial charge in [0.25, 0.3) is 5.69 Å². The fourth-order valence-corrected chi connectivity index (χ4v) is 2.99. The minimum Gasteiger partial charge on any atom is -0.299 e. The molecular formula is C14H17BrN2O3. The lowest BCUT2D eigenvalue weighted by Gasteiger charge is -2.31. The maximum absolute atomic E-state index is 11.7. The van der Waals surface area contributed by atoms with Crippen LogP contribution in [0.5, 0.6) is 0 Å². The fourth-order valence-electron chi connectivity index (χ4n) is 2.50. The molecule has 0 radical (unpaired) electrons. The molecule has 0 bridgehead atoms. The van der Waals surface area contributed by atoms with E-state index < -0.39 is 4.92 Å². The average molecular weight is 341 g/mol. The van der Waals surface area contributed by atoms with Crippen LogP contribution in [0.3, 0.4) is 0 Å². The van der Waals surface area contributed by atoms with Crippen molar-refractivity contribution in [3.63, 3.8) is 0 Å². The van der Waals surface area contributed by atoms with Gasteiger partial charge < -0.3 is 0 Å². The highest BCUT2D eigenvalue weighted by atomic mass is 79.9. The number of halogens is 1. The van der Waals surface area contributed by atoms with E-state index in [2.05, 4.69) is 20.8 Å². The third-order valence-electron chi connectivity index (χ3n) is 3.74. The third-order valence-corrected chi connectivity index (χ3v) is 4.48. The number of nitro benzene ring substituents is 1. The molecule has 1 unspecified atom stereocenters. The van der Waals surface area contributed by atoms with Crippen LogP contribution < -0.4 is 0 Å². The van der Waals surface area contributed by atoms with Crippen molar-refractivity contribution in [3.8, 4) is 0 Å². The summed E-state index contributed by atoms with van der Waals surface area (Å²) in [4.78, 5) is 24.2. The summed E-state index contributed by atoms with van der Waals surface area (Å²) >= 11 is 3.39. The Morgan fingerprint density at radius 1 is 1.50 bits per heavy atom. The quantitative estimate of drug-likeness (QED) is 0.623. The lowest BCUT2D eigenvalue weighted by atomic mass is 9.94. The molecule has 6 heteroatoms. The number of rotatable bonds is 4. The Kier molecular flexibility index (Phi) is 4.88. The van der Waals surface area contributed by atoms with Crippen LogP contribution in [0.25, 0.3) is 0 Å². The van der Waals surface area contributed by atoms with Gasteiger partial charge in [-0.1, -0.05) is 22.9 Å². The van der Waals surface area contributed by atoms with Gasteiger partial charge in [-0.3, -0.25) is 19.8 Å². The van der Waals surface area contributed by atoms with Crippen molar-refractivity contribution in [2.24, 2.45) is 5.92 Å². The van der Waals surface area contributed by atoms with Crippen LogP contribution in [0.4, 0.5) is 5.69 Å². The number of piperidine rings is 1. The first-order valence-corrected chi connectivity index (χ1v) is 7.48. The molecule has 1 atom stereocenters. The van der Waals surface area contributed by atoms with Gasteiger partial charge in [-0.15, -0.1) is 0 Å². The van der Waals surface area contributed by atoms with Crippen LogP contribution in [-0.2, 0) is 11.3 Å².